The molecule has 0 bridgehead atoms. The van der Waals surface area contributed by atoms with Gasteiger partial charge in [0.15, 0.2) is 5.78 Å². The molecule has 8 heavy (non-hydrogen) atoms. The summed E-state index contributed by atoms with van der Waals surface area (Å²) in [4.78, 5) is 10.0. The summed E-state index contributed by atoms with van der Waals surface area (Å²) in [5.41, 5.74) is 0. The van der Waals surface area contributed by atoms with Crippen LogP contribution in [0.5, 0.6) is 0 Å². The average Bonchev–Trinajstić information content (AvgIpc) is 1.27. The van der Waals surface area contributed by atoms with Crippen LogP contribution in [0.1, 0.15) is 13.8 Å². The van der Waals surface area contributed by atoms with Crippen molar-refractivity contribution in [3.63, 3.8) is 0 Å². The van der Waals surface area contributed by atoms with Crippen molar-refractivity contribution in [3.8, 4) is 0 Å². The van der Waals surface area contributed by atoms with Crippen LogP contribution in [0.4, 0.5) is 0 Å². The summed E-state index contributed by atoms with van der Waals surface area (Å²) in [6.45, 7) is 2.85. The molecule has 0 fully saturated rings. The van der Waals surface area contributed by atoms with Gasteiger partial charge in [-0.05, 0) is 13.8 Å². The van der Waals surface area contributed by atoms with Crippen LogP contribution in [0, 0.1) is 37.3 Å². The van der Waals surface area contributed by atoms with Crippen LogP contribution in [0.3, 0.4) is 0 Å². The molecule has 3 heteroatoms. The Morgan fingerprint density at radius 2 is 1.88 bits per heavy atom. The van der Waals surface area contributed by atoms with Crippen LogP contribution < -0.4 is 0 Å². The van der Waals surface area contributed by atoms with Gasteiger partial charge >= 0.3 is 0 Å². The molecule has 0 saturated heterocycles. The second-order valence-corrected chi connectivity index (χ2v) is 1.40. The van der Waals surface area contributed by atoms with Crippen LogP contribution in [0.25, 0.3) is 0 Å². The molecule has 0 aliphatic carbocycles. The third kappa shape index (κ3) is 9.68. The number of hydrogen-bond acceptors (Lipinski definition) is 2. The van der Waals surface area contributed by atoms with E-state index in [-0.39, 0.29) is 48.8 Å². The molecule has 0 aliphatic heterocycles. The maximum absolute atomic E-state index is 10.0. The fourth-order valence-electron chi connectivity index (χ4n) is 0.294. The van der Waals surface area contributed by atoms with Crippen molar-refractivity contribution < 1.29 is 47.2 Å². The van der Waals surface area contributed by atoms with E-state index < -0.39 is 0 Å². The van der Waals surface area contributed by atoms with Crippen molar-refractivity contribution in [2.75, 3.05) is 0 Å². The molecule has 0 atom stereocenters. The molecular weight excluding hydrogens is 259 g/mol. The number of ketones is 1. The Hall–Kier alpha value is 0.457. The Labute approximate surface area is 78.2 Å². The summed E-state index contributed by atoms with van der Waals surface area (Å²) in [5, 5.41) is 8.36. The predicted octanol–water partition coefficient (Wildman–Crippen LogP) is 1.04. The van der Waals surface area contributed by atoms with E-state index in [9.17, 15) is 4.79 Å². The monoisotopic (exact) mass is 266 g/mol. The summed E-state index contributed by atoms with van der Waals surface area (Å²) < 4.78 is 0. The van der Waals surface area contributed by atoms with Gasteiger partial charge in [-0.1, -0.05) is 0 Å². The zero-order valence-corrected chi connectivity index (χ0v) is 6.57. The molecule has 0 rings (SSSR count). The third-order valence-corrected chi connectivity index (χ3v) is 0.412. The number of hydrogen-bond donors (Lipinski definition) is 1. The standard InChI is InChI=1S/C5H8O2.Er/c1-4(6)3-5(2)7;/h3,6H,1-2H3;/b4-3-;. The zero-order chi connectivity index (χ0) is 5.86. The Bertz CT molecular complexity index is 103. The molecule has 0 spiro atoms. The van der Waals surface area contributed by atoms with E-state index in [1.54, 1.807) is 0 Å². The topological polar surface area (TPSA) is 37.3 Å². The summed E-state index contributed by atoms with van der Waals surface area (Å²) >= 11 is 0. The van der Waals surface area contributed by atoms with Crippen LogP contribution in [0.2, 0.25) is 0 Å². The summed E-state index contributed by atoms with van der Waals surface area (Å²) in [6.07, 6.45) is 1.17. The molecular formula is C5H8ErO2. The number of carbonyl (C=O) groups is 1. The van der Waals surface area contributed by atoms with Crippen molar-refractivity contribution in [2.45, 2.75) is 13.8 Å². The quantitative estimate of drug-likeness (QED) is 0.569. The number of aliphatic hydroxyl groups excluding tert-OH is 1. The fraction of sp³-hybridized carbons (Fsp3) is 0.400. The van der Waals surface area contributed by atoms with E-state index in [4.69, 9.17) is 5.11 Å². The largest absolute Gasteiger partial charge is 0.512 e. The van der Waals surface area contributed by atoms with E-state index in [2.05, 4.69) is 0 Å². The normalized spacial score (nSPS) is 10.0. The Morgan fingerprint density at radius 1 is 1.50 bits per heavy atom. The fourth-order valence-corrected chi connectivity index (χ4v) is 0.294. The molecule has 0 saturated carbocycles. The van der Waals surface area contributed by atoms with E-state index in [0.717, 1.165) is 0 Å². The van der Waals surface area contributed by atoms with Gasteiger partial charge in [-0.25, -0.2) is 0 Å². The number of rotatable bonds is 1. The number of allylic oxidation sites excluding steroid dienone is 2. The predicted molar refractivity (Wildman–Crippen MR) is 27.1 cm³/mol. The smallest absolute Gasteiger partial charge is 0.155 e. The SMILES string of the molecule is CC(=O)/C=C(/C)O.[Er]. The molecule has 0 heterocycles. The first kappa shape index (κ1) is 11.3. The zero-order valence-electron chi connectivity index (χ0n) is 4.72. The van der Waals surface area contributed by atoms with E-state index >= 15 is 0 Å². The molecule has 0 aliphatic rings. The van der Waals surface area contributed by atoms with E-state index in [1.165, 1.54) is 19.9 Å². The molecule has 1 N–H and O–H groups in total. The molecule has 0 radical (unpaired) electrons. The molecule has 0 aromatic rings. The van der Waals surface area contributed by atoms with E-state index in [0.29, 0.717) is 0 Å². The molecule has 2 nitrogen and oxygen atoms in total. The molecule has 0 aromatic heterocycles. The van der Waals surface area contributed by atoms with Crippen molar-refractivity contribution in [3.05, 3.63) is 11.8 Å². The van der Waals surface area contributed by atoms with Crippen LogP contribution in [-0.4, -0.2) is 10.9 Å². The second kappa shape index (κ2) is 5.59. The van der Waals surface area contributed by atoms with Gasteiger partial charge < -0.3 is 5.11 Å². The molecule has 0 unspecified atom stereocenters. The number of aliphatic hydroxyl groups is 1. The van der Waals surface area contributed by atoms with Gasteiger partial charge in [0.2, 0.25) is 0 Å². The minimum absolute atomic E-state index is 0. The molecule has 0 aromatic carbocycles. The van der Waals surface area contributed by atoms with Gasteiger partial charge in [-0.2, -0.15) is 0 Å². The van der Waals surface area contributed by atoms with Crippen LogP contribution in [-0.2, 0) is 4.79 Å². The number of carbonyl (C=O) groups excluding carboxylic acids is 1. The van der Waals surface area contributed by atoms with Gasteiger partial charge in [0.05, 0.1) is 5.76 Å². The van der Waals surface area contributed by atoms with Crippen LogP contribution >= 0.6 is 0 Å². The van der Waals surface area contributed by atoms with Gasteiger partial charge in [-0.3, -0.25) is 4.79 Å². The van der Waals surface area contributed by atoms with Gasteiger partial charge in [0, 0.05) is 43.4 Å². The summed E-state index contributed by atoms with van der Waals surface area (Å²) in [5.74, 6) is -0.0625. The van der Waals surface area contributed by atoms with Crippen molar-refractivity contribution in [1.82, 2.24) is 0 Å². The van der Waals surface area contributed by atoms with E-state index in [1.807, 2.05) is 0 Å². The Kier molecular flexibility index (Phi) is 7.88. The van der Waals surface area contributed by atoms with Gasteiger partial charge in [0.25, 0.3) is 0 Å². The van der Waals surface area contributed by atoms with Crippen molar-refractivity contribution in [2.24, 2.45) is 0 Å². The van der Waals surface area contributed by atoms with Gasteiger partial charge in [-0.15, -0.1) is 0 Å². The minimum atomic E-state index is -0.125. The first-order chi connectivity index (χ1) is 3.13. The maximum Gasteiger partial charge on any atom is 0.155 e. The first-order valence-corrected chi connectivity index (χ1v) is 2.01. The molecule has 0 amide bonds. The minimum Gasteiger partial charge on any atom is -0.512 e. The summed E-state index contributed by atoms with van der Waals surface area (Å²) in [6, 6.07) is 0. The average molecular weight is 267 g/mol. The third-order valence-electron chi connectivity index (χ3n) is 0.412. The first-order valence-electron chi connectivity index (χ1n) is 2.01. The van der Waals surface area contributed by atoms with Crippen molar-refractivity contribution in [1.29, 1.82) is 0 Å². The second-order valence-electron chi connectivity index (χ2n) is 1.40. The molecule has 52 valence electrons. The Morgan fingerprint density at radius 3 is 1.88 bits per heavy atom. The van der Waals surface area contributed by atoms with Crippen molar-refractivity contribution >= 4 is 5.78 Å². The Balaban J connectivity index is 0. The van der Waals surface area contributed by atoms with Crippen LogP contribution in [0.15, 0.2) is 11.8 Å². The summed E-state index contributed by atoms with van der Waals surface area (Å²) in [7, 11) is 0. The maximum atomic E-state index is 10.0. The van der Waals surface area contributed by atoms with Gasteiger partial charge in [0.1, 0.15) is 0 Å².